The van der Waals surface area contributed by atoms with E-state index in [1.807, 2.05) is 11.6 Å². The Morgan fingerprint density at radius 2 is 1.82 bits per heavy atom. The lowest BCUT2D eigenvalue weighted by Crippen LogP contribution is -2.41. The van der Waals surface area contributed by atoms with Gasteiger partial charge in [-0.25, -0.2) is 17.9 Å². The summed E-state index contributed by atoms with van der Waals surface area (Å²) < 4.78 is 31.4. The van der Waals surface area contributed by atoms with Crippen LogP contribution in [-0.2, 0) is 14.8 Å². The molecule has 0 saturated heterocycles. The molecule has 5 nitrogen and oxygen atoms in total. The van der Waals surface area contributed by atoms with Gasteiger partial charge in [0.2, 0.25) is 0 Å². The molecule has 1 aromatic carbocycles. The van der Waals surface area contributed by atoms with Crippen molar-refractivity contribution in [3.8, 4) is 12.3 Å². The standard InChI is InChI=1S/C16H19NO4S/c1-3-16(11-5-4-6-12-16)21-15(18)17-22(19,20)14-9-7-13(2)8-10-14/h1,7-10H,4-6,11-12H2,2H3,(H,17,18). The molecular weight excluding hydrogens is 302 g/mol. The number of aryl methyl sites for hydroxylation is 1. The normalized spacial score (nSPS) is 17.3. The van der Waals surface area contributed by atoms with Crippen molar-refractivity contribution in [2.75, 3.05) is 0 Å². The van der Waals surface area contributed by atoms with Gasteiger partial charge in [-0.05, 0) is 44.7 Å². The van der Waals surface area contributed by atoms with Gasteiger partial charge in [0.05, 0.1) is 4.90 Å². The topological polar surface area (TPSA) is 72.5 Å². The first-order valence-corrected chi connectivity index (χ1v) is 8.65. The van der Waals surface area contributed by atoms with Crippen LogP contribution in [0.5, 0.6) is 0 Å². The molecule has 1 aromatic rings. The molecule has 1 saturated carbocycles. The molecular formula is C16H19NO4S. The van der Waals surface area contributed by atoms with Crippen molar-refractivity contribution in [3.63, 3.8) is 0 Å². The van der Waals surface area contributed by atoms with E-state index in [1.165, 1.54) is 12.1 Å². The van der Waals surface area contributed by atoms with E-state index in [2.05, 4.69) is 5.92 Å². The van der Waals surface area contributed by atoms with Crippen LogP contribution in [0.25, 0.3) is 0 Å². The van der Waals surface area contributed by atoms with Crippen molar-refractivity contribution in [3.05, 3.63) is 29.8 Å². The molecule has 0 unspecified atom stereocenters. The van der Waals surface area contributed by atoms with Crippen LogP contribution in [0.15, 0.2) is 29.2 Å². The summed E-state index contributed by atoms with van der Waals surface area (Å²) >= 11 is 0. The number of ether oxygens (including phenoxy) is 1. The zero-order chi connectivity index (χ0) is 16.2. The van der Waals surface area contributed by atoms with Gasteiger partial charge in [-0.1, -0.05) is 30.0 Å². The Morgan fingerprint density at radius 3 is 2.36 bits per heavy atom. The lowest BCUT2D eigenvalue weighted by molar-refractivity contribution is 0.0310. The number of terminal acetylenes is 1. The van der Waals surface area contributed by atoms with E-state index < -0.39 is 21.7 Å². The average Bonchev–Trinajstić information content (AvgIpc) is 2.48. The van der Waals surface area contributed by atoms with Gasteiger partial charge in [0.15, 0.2) is 5.60 Å². The number of carbonyl (C=O) groups is 1. The van der Waals surface area contributed by atoms with Crippen molar-refractivity contribution >= 4 is 16.1 Å². The highest BCUT2D eigenvalue weighted by Gasteiger charge is 2.35. The maximum absolute atomic E-state index is 12.1. The van der Waals surface area contributed by atoms with Gasteiger partial charge >= 0.3 is 6.09 Å². The summed E-state index contributed by atoms with van der Waals surface area (Å²) in [5, 5.41) is 0. The van der Waals surface area contributed by atoms with Crippen molar-refractivity contribution in [2.45, 2.75) is 49.5 Å². The van der Waals surface area contributed by atoms with Crippen LogP contribution in [0.3, 0.4) is 0 Å². The Hall–Kier alpha value is -2.00. The molecule has 1 fully saturated rings. The zero-order valence-electron chi connectivity index (χ0n) is 12.5. The lowest BCUT2D eigenvalue weighted by Gasteiger charge is -2.31. The molecule has 0 aliphatic heterocycles. The molecule has 1 aliphatic rings. The van der Waals surface area contributed by atoms with E-state index in [4.69, 9.17) is 11.2 Å². The van der Waals surface area contributed by atoms with Gasteiger partial charge in [0, 0.05) is 0 Å². The number of carbonyl (C=O) groups excluding carboxylic acids is 1. The number of rotatable bonds is 3. The number of amides is 1. The lowest BCUT2D eigenvalue weighted by atomic mass is 9.85. The van der Waals surface area contributed by atoms with Crippen LogP contribution in [0.2, 0.25) is 0 Å². The third-order valence-corrected chi connectivity index (χ3v) is 5.09. The van der Waals surface area contributed by atoms with Crippen LogP contribution >= 0.6 is 0 Å². The molecule has 0 heterocycles. The summed E-state index contributed by atoms with van der Waals surface area (Å²) in [6.07, 6.45) is 8.32. The van der Waals surface area contributed by atoms with Crippen LogP contribution in [0.4, 0.5) is 4.79 Å². The summed E-state index contributed by atoms with van der Waals surface area (Å²) in [6, 6.07) is 6.18. The molecule has 0 radical (unpaired) electrons. The Labute approximate surface area is 131 Å². The van der Waals surface area contributed by atoms with E-state index in [1.54, 1.807) is 12.1 Å². The van der Waals surface area contributed by atoms with Gasteiger partial charge in [0.1, 0.15) is 0 Å². The van der Waals surface area contributed by atoms with Crippen molar-refractivity contribution in [1.29, 1.82) is 0 Å². The van der Waals surface area contributed by atoms with Gasteiger partial charge in [0.25, 0.3) is 10.0 Å². The quantitative estimate of drug-likeness (QED) is 0.869. The Morgan fingerprint density at radius 1 is 1.23 bits per heavy atom. The molecule has 0 bridgehead atoms. The second-order valence-corrected chi connectivity index (χ2v) is 7.19. The molecule has 6 heteroatoms. The first-order chi connectivity index (χ1) is 10.4. The van der Waals surface area contributed by atoms with Crippen molar-refractivity contribution < 1.29 is 17.9 Å². The van der Waals surface area contributed by atoms with Crippen LogP contribution < -0.4 is 4.72 Å². The Bertz CT molecular complexity index is 680. The molecule has 118 valence electrons. The summed E-state index contributed by atoms with van der Waals surface area (Å²) in [6.45, 7) is 1.85. The fraction of sp³-hybridized carbons (Fsp3) is 0.438. The maximum Gasteiger partial charge on any atom is 0.422 e. The highest BCUT2D eigenvalue weighted by molar-refractivity contribution is 7.90. The minimum atomic E-state index is -3.96. The van der Waals surface area contributed by atoms with Crippen LogP contribution in [0.1, 0.15) is 37.7 Å². The van der Waals surface area contributed by atoms with E-state index >= 15 is 0 Å². The first-order valence-electron chi connectivity index (χ1n) is 7.17. The smallest absolute Gasteiger partial charge is 0.422 e. The molecule has 22 heavy (non-hydrogen) atoms. The van der Waals surface area contributed by atoms with Crippen LogP contribution in [0, 0.1) is 19.3 Å². The first kappa shape index (κ1) is 16.4. The van der Waals surface area contributed by atoms with Crippen molar-refractivity contribution in [2.24, 2.45) is 0 Å². The van der Waals surface area contributed by atoms with Gasteiger partial charge in [-0.3, -0.25) is 0 Å². The monoisotopic (exact) mass is 321 g/mol. The summed E-state index contributed by atoms with van der Waals surface area (Å²) in [5.74, 6) is 2.50. The zero-order valence-corrected chi connectivity index (χ0v) is 13.3. The fourth-order valence-corrected chi connectivity index (χ4v) is 3.36. The summed E-state index contributed by atoms with van der Waals surface area (Å²) in [7, 11) is -3.96. The van der Waals surface area contributed by atoms with E-state index in [0.29, 0.717) is 12.8 Å². The molecule has 1 amide bonds. The predicted octanol–water partition coefficient (Wildman–Crippen LogP) is 2.75. The summed E-state index contributed by atoms with van der Waals surface area (Å²) in [4.78, 5) is 11.9. The highest BCUT2D eigenvalue weighted by atomic mass is 32.2. The van der Waals surface area contributed by atoms with E-state index in [0.717, 1.165) is 24.8 Å². The minimum absolute atomic E-state index is 0.00783. The predicted molar refractivity (Wildman–Crippen MR) is 82.6 cm³/mol. The largest absolute Gasteiger partial charge is 0.429 e. The number of nitrogens with one attached hydrogen (secondary N) is 1. The van der Waals surface area contributed by atoms with Crippen LogP contribution in [-0.4, -0.2) is 20.1 Å². The van der Waals surface area contributed by atoms with E-state index in [9.17, 15) is 13.2 Å². The third-order valence-electron chi connectivity index (χ3n) is 3.76. The molecule has 1 N–H and O–H groups in total. The van der Waals surface area contributed by atoms with Gasteiger partial charge < -0.3 is 4.74 Å². The van der Waals surface area contributed by atoms with E-state index in [-0.39, 0.29) is 4.90 Å². The highest BCUT2D eigenvalue weighted by Crippen LogP contribution is 2.31. The Balaban J connectivity index is 2.08. The second kappa shape index (κ2) is 6.41. The van der Waals surface area contributed by atoms with Gasteiger partial charge in [-0.15, -0.1) is 6.42 Å². The maximum atomic E-state index is 12.1. The number of hydrogen-bond acceptors (Lipinski definition) is 4. The fourth-order valence-electron chi connectivity index (χ4n) is 2.48. The molecule has 1 aliphatic carbocycles. The molecule has 2 rings (SSSR count). The third kappa shape index (κ3) is 3.80. The number of benzene rings is 1. The average molecular weight is 321 g/mol. The Kier molecular flexibility index (Phi) is 4.77. The summed E-state index contributed by atoms with van der Waals surface area (Å²) in [5.41, 5.74) is -0.0690. The second-order valence-electron chi connectivity index (χ2n) is 5.51. The minimum Gasteiger partial charge on any atom is -0.429 e. The molecule has 0 atom stereocenters. The molecule has 0 spiro atoms. The number of sulfonamides is 1. The van der Waals surface area contributed by atoms with Gasteiger partial charge in [-0.2, -0.15) is 0 Å². The SMILES string of the molecule is C#CC1(OC(=O)NS(=O)(=O)c2ccc(C)cc2)CCCCC1. The van der Waals surface area contributed by atoms with Crippen molar-refractivity contribution in [1.82, 2.24) is 4.72 Å². The molecule has 0 aromatic heterocycles. The number of hydrogen-bond donors (Lipinski definition) is 1.